The molecule has 0 amide bonds. The maximum absolute atomic E-state index is 7.23. The Morgan fingerprint density at radius 3 is 2.12 bits per heavy atom. The van der Waals surface area contributed by atoms with Crippen LogP contribution in [0.1, 0.15) is 6.42 Å². The largest absolute Gasteiger partial charge is 0.308 e. The predicted octanol–water partition coefficient (Wildman–Crippen LogP) is -0.770. The van der Waals surface area contributed by atoms with Crippen molar-refractivity contribution in [2.24, 2.45) is 0 Å². The third kappa shape index (κ3) is 0.555. The fourth-order valence-electron chi connectivity index (χ4n) is 1.51. The molecule has 3 aliphatic rings. The molecular weight excluding hydrogens is 102 g/mol. The van der Waals surface area contributed by atoms with Gasteiger partial charge >= 0.3 is 0 Å². The number of fused-ring (bicyclic) bond motifs is 2. The second kappa shape index (κ2) is 1.43. The number of piperidine rings is 1. The van der Waals surface area contributed by atoms with Gasteiger partial charge in [-0.1, -0.05) is 0 Å². The molecule has 8 heavy (non-hydrogen) atoms. The van der Waals surface area contributed by atoms with E-state index in [1.807, 2.05) is 0 Å². The summed E-state index contributed by atoms with van der Waals surface area (Å²) in [6.07, 6.45) is 1.30. The Kier molecular flexibility index (Phi) is 0.848. The fourth-order valence-corrected chi connectivity index (χ4v) is 1.51. The first-order valence-electron chi connectivity index (χ1n) is 3.07. The highest BCUT2D eigenvalue weighted by molar-refractivity contribution is 4.95. The quantitative estimate of drug-likeness (QED) is 0.447. The van der Waals surface area contributed by atoms with Crippen molar-refractivity contribution in [3.05, 3.63) is 0 Å². The Balaban J connectivity index is 1.97. The van der Waals surface area contributed by atoms with Gasteiger partial charge in [-0.15, -0.1) is 0 Å². The molecule has 3 heterocycles. The van der Waals surface area contributed by atoms with Crippen molar-refractivity contribution in [1.29, 1.82) is 0 Å². The van der Waals surface area contributed by atoms with Crippen LogP contribution in [0.15, 0.2) is 0 Å². The molecule has 2 bridgehead atoms. The summed E-state index contributed by atoms with van der Waals surface area (Å²) in [6, 6.07) is 1.29. The Morgan fingerprint density at radius 1 is 1.38 bits per heavy atom. The number of hydrogen-bond acceptors (Lipinski definition) is 2. The summed E-state index contributed by atoms with van der Waals surface area (Å²) in [5.41, 5.74) is 0. The second-order valence-corrected chi connectivity index (χ2v) is 2.70. The summed E-state index contributed by atoms with van der Waals surface area (Å²) < 4.78 is 0. The fraction of sp³-hybridized carbons (Fsp3) is 1.00. The minimum absolute atomic E-state index is 0.645. The molecule has 0 aromatic carbocycles. The van der Waals surface area contributed by atoms with Crippen LogP contribution >= 0.6 is 0 Å². The maximum Gasteiger partial charge on any atom is 0.0300 e. The minimum Gasteiger partial charge on any atom is -0.308 e. The first kappa shape index (κ1) is 4.73. The highest BCUT2D eigenvalue weighted by Crippen LogP contribution is 2.18. The van der Waals surface area contributed by atoms with Crippen molar-refractivity contribution in [2.75, 3.05) is 13.1 Å². The number of nitrogens with one attached hydrogen (secondary N) is 2. The van der Waals surface area contributed by atoms with Gasteiger partial charge in [-0.25, -0.2) is 5.01 Å². The number of piperazine rings is 1. The highest BCUT2D eigenvalue weighted by atomic mass is 15.4. The van der Waals surface area contributed by atoms with Gasteiger partial charge in [0.25, 0.3) is 0 Å². The Morgan fingerprint density at radius 2 is 1.88 bits per heavy atom. The van der Waals surface area contributed by atoms with Gasteiger partial charge in [0.15, 0.2) is 0 Å². The molecule has 0 aliphatic carbocycles. The molecule has 2 N–H and O–H groups in total. The molecule has 3 saturated heterocycles. The maximum atomic E-state index is 7.23. The molecule has 45 valence electrons. The Bertz CT molecular complexity index is 87.8. The van der Waals surface area contributed by atoms with Crippen LogP contribution in [0.25, 0.3) is 0 Å². The van der Waals surface area contributed by atoms with Crippen molar-refractivity contribution >= 4 is 0 Å². The third-order valence-electron chi connectivity index (χ3n) is 1.92. The molecule has 0 saturated carbocycles. The van der Waals surface area contributed by atoms with E-state index in [1.165, 1.54) is 6.42 Å². The summed E-state index contributed by atoms with van der Waals surface area (Å²) >= 11 is 0. The molecule has 3 rings (SSSR count). The SMILES string of the molecule is [NH]N1CC2CC(C1)N2. The Hall–Kier alpha value is -0.120. The molecule has 3 aliphatic heterocycles. The smallest absolute Gasteiger partial charge is 0.0300 e. The Labute approximate surface area is 48.8 Å². The third-order valence-corrected chi connectivity index (χ3v) is 1.92. The van der Waals surface area contributed by atoms with E-state index in [4.69, 9.17) is 5.84 Å². The summed E-state index contributed by atoms with van der Waals surface area (Å²) in [6.45, 7) is 1.85. The standard InChI is InChI=1S/C5H10N3/c6-8-2-4-1-5(3-8)7-4/h4-7H,1-3H2. The highest BCUT2D eigenvalue weighted by Gasteiger charge is 2.35. The molecule has 3 heteroatoms. The van der Waals surface area contributed by atoms with Crippen molar-refractivity contribution in [3.8, 4) is 0 Å². The number of hydrogen-bond donors (Lipinski definition) is 1. The first-order chi connectivity index (χ1) is 3.84. The van der Waals surface area contributed by atoms with Crippen LogP contribution in [0.3, 0.4) is 0 Å². The van der Waals surface area contributed by atoms with Gasteiger partial charge in [0.05, 0.1) is 0 Å². The molecule has 0 aromatic heterocycles. The zero-order valence-electron chi connectivity index (χ0n) is 4.72. The van der Waals surface area contributed by atoms with Gasteiger partial charge in [-0.2, -0.15) is 5.84 Å². The van der Waals surface area contributed by atoms with E-state index in [-0.39, 0.29) is 0 Å². The lowest BCUT2D eigenvalue weighted by atomic mass is 9.93. The van der Waals surface area contributed by atoms with Crippen molar-refractivity contribution in [2.45, 2.75) is 18.5 Å². The average Bonchev–Trinajstić information content (AvgIpc) is 1.62. The lowest BCUT2D eigenvalue weighted by molar-refractivity contribution is 0.0714. The van der Waals surface area contributed by atoms with Gasteiger partial charge < -0.3 is 5.32 Å². The van der Waals surface area contributed by atoms with E-state index in [0.29, 0.717) is 12.1 Å². The molecule has 0 spiro atoms. The first-order valence-corrected chi connectivity index (χ1v) is 3.07. The van der Waals surface area contributed by atoms with Crippen LogP contribution < -0.4 is 11.2 Å². The molecule has 2 unspecified atom stereocenters. The minimum atomic E-state index is 0.645. The van der Waals surface area contributed by atoms with Gasteiger partial charge in [0.2, 0.25) is 0 Å². The zero-order chi connectivity index (χ0) is 5.56. The van der Waals surface area contributed by atoms with Gasteiger partial charge in [-0.05, 0) is 6.42 Å². The van der Waals surface area contributed by atoms with Crippen LogP contribution in [-0.2, 0) is 0 Å². The average molecular weight is 112 g/mol. The predicted molar refractivity (Wildman–Crippen MR) is 30.0 cm³/mol. The second-order valence-electron chi connectivity index (χ2n) is 2.70. The van der Waals surface area contributed by atoms with Crippen LogP contribution in [0, 0.1) is 0 Å². The molecule has 1 radical (unpaired) electrons. The summed E-state index contributed by atoms with van der Waals surface area (Å²) in [4.78, 5) is 0. The topological polar surface area (TPSA) is 39.1 Å². The van der Waals surface area contributed by atoms with Gasteiger partial charge in [0, 0.05) is 25.2 Å². The van der Waals surface area contributed by atoms with Crippen LogP contribution in [0.5, 0.6) is 0 Å². The van der Waals surface area contributed by atoms with Crippen LogP contribution in [-0.4, -0.2) is 30.2 Å². The lowest BCUT2D eigenvalue weighted by Crippen LogP contribution is -2.66. The van der Waals surface area contributed by atoms with E-state index in [1.54, 1.807) is 5.01 Å². The van der Waals surface area contributed by atoms with Gasteiger partial charge in [0.1, 0.15) is 0 Å². The lowest BCUT2D eigenvalue weighted by Gasteiger charge is -2.46. The van der Waals surface area contributed by atoms with E-state index in [2.05, 4.69) is 5.32 Å². The molecule has 2 atom stereocenters. The van der Waals surface area contributed by atoms with E-state index >= 15 is 0 Å². The molecule has 3 fully saturated rings. The molecular formula is C5H10N3. The zero-order valence-corrected chi connectivity index (χ0v) is 4.72. The van der Waals surface area contributed by atoms with Crippen molar-refractivity contribution in [3.63, 3.8) is 0 Å². The van der Waals surface area contributed by atoms with E-state index in [9.17, 15) is 0 Å². The monoisotopic (exact) mass is 112 g/mol. The van der Waals surface area contributed by atoms with Crippen molar-refractivity contribution in [1.82, 2.24) is 16.2 Å². The van der Waals surface area contributed by atoms with Gasteiger partial charge in [-0.3, -0.25) is 0 Å². The van der Waals surface area contributed by atoms with Crippen LogP contribution in [0.4, 0.5) is 0 Å². The summed E-state index contributed by atoms with van der Waals surface area (Å²) in [7, 11) is 0. The normalized spacial score (nSPS) is 46.1. The van der Waals surface area contributed by atoms with Crippen LogP contribution in [0.2, 0.25) is 0 Å². The van der Waals surface area contributed by atoms with E-state index in [0.717, 1.165) is 13.1 Å². The van der Waals surface area contributed by atoms with Crippen molar-refractivity contribution < 1.29 is 0 Å². The molecule has 0 aromatic rings. The molecule has 3 nitrogen and oxygen atoms in total. The summed E-state index contributed by atoms with van der Waals surface area (Å²) in [5.74, 6) is 7.23. The summed E-state index contributed by atoms with van der Waals surface area (Å²) in [5, 5.41) is 5.00. The number of rotatable bonds is 0. The van der Waals surface area contributed by atoms with E-state index < -0.39 is 0 Å². The number of nitrogens with zero attached hydrogens (tertiary/aromatic N) is 1.